The largest absolute Gasteiger partial charge is 0.365 e. The number of aromatic amines is 1. The Morgan fingerprint density at radius 1 is 1.54 bits per heavy atom. The highest BCUT2D eigenvalue weighted by Crippen LogP contribution is 2.23. The molecule has 0 bridgehead atoms. The van der Waals surface area contributed by atoms with Crippen LogP contribution in [0, 0.1) is 0 Å². The average Bonchev–Trinajstić information content (AvgIpc) is 2.62. The summed E-state index contributed by atoms with van der Waals surface area (Å²) in [5.74, 6) is 0. The maximum atomic E-state index is 3.34. The molecule has 0 fully saturated rings. The smallest absolute Gasteiger partial charge is 0.0254 e. The molecule has 0 unspecified atom stereocenters. The molecule has 1 atom stereocenters. The summed E-state index contributed by atoms with van der Waals surface area (Å²) in [5, 5.41) is 0. The maximum absolute atomic E-state index is 3.34. The van der Waals surface area contributed by atoms with Crippen molar-refractivity contribution in [2.24, 2.45) is 0 Å². The van der Waals surface area contributed by atoms with Crippen LogP contribution in [0.15, 0.2) is 12.3 Å². The van der Waals surface area contributed by atoms with Crippen LogP contribution in [0.2, 0.25) is 0 Å². The highest BCUT2D eigenvalue weighted by Gasteiger charge is 2.23. The third-order valence-corrected chi connectivity index (χ3v) is 3.14. The Morgan fingerprint density at radius 3 is 3.08 bits per heavy atom. The number of hydrogen-bond acceptors (Lipinski definition) is 1. The molecule has 0 aromatic carbocycles. The summed E-state index contributed by atoms with van der Waals surface area (Å²) in [6.45, 7) is 6.83. The van der Waals surface area contributed by atoms with E-state index in [0.717, 1.165) is 12.6 Å². The minimum absolute atomic E-state index is 0.746. The van der Waals surface area contributed by atoms with Gasteiger partial charge < -0.3 is 4.98 Å². The molecule has 0 radical (unpaired) electrons. The predicted molar refractivity (Wildman–Crippen MR) is 54.7 cm³/mol. The van der Waals surface area contributed by atoms with Crippen molar-refractivity contribution in [3.05, 3.63) is 23.5 Å². The fourth-order valence-electron chi connectivity index (χ4n) is 2.26. The molecular formula is C11H18N2. The molecule has 0 saturated carbocycles. The lowest BCUT2D eigenvalue weighted by atomic mass is 9.99. The van der Waals surface area contributed by atoms with Gasteiger partial charge in [-0.25, -0.2) is 0 Å². The molecule has 0 saturated heterocycles. The first-order valence-electron chi connectivity index (χ1n) is 5.24. The highest BCUT2D eigenvalue weighted by atomic mass is 15.2. The first kappa shape index (κ1) is 8.82. The molecule has 0 spiro atoms. The fourth-order valence-corrected chi connectivity index (χ4v) is 2.26. The summed E-state index contributed by atoms with van der Waals surface area (Å²) in [4.78, 5) is 5.91. The number of aromatic nitrogens is 1. The average molecular weight is 178 g/mol. The van der Waals surface area contributed by atoms with E-state index in [9.17, 15) is 0 Å². The number of H-pyrrole nitrogens is 1. The standard InChI is InChI=1S/C11H18N2/c1-3-10-7-11-9(5-6-12-11)8-13(10)4-2/h5-6,10,12H,3-4,7-8H2,1-2H3/t10-/m1/s1. The Balaban J connectivity index is 2.20. The Labute approximate surface area is 79.9 Å². The first-order chi connectivity index (χ1) is 6.35. The van der Waals surface area contributed by atoms with Crippen molar-refractivity contribution in [3.8, 4) is 0 Å². The van der Waals surface area contributed by atoms with Crippen molar-refractivity contribution >= 4 is 0 Å². The lowest BCUT2D eigenvalue weighted by Crippen LogP contribution is -2.39. The molecule has 1 N–H and O–H groups in total. The van der Waals surface area contributed by atoms with Crippen LogP contribution in [-0.4, -0.2) is 22.5 Å². The number of fused-ring (bicyclic) bond motifs is 1. The Morgan fingerprint density at radius 2 is 2.38 bits per heavy atom. The zero-order chi connectivity index (χ0) is 9.26. The molecule has 13 heavy (non-hydrogen) atoms. The van der Waals surface area contributed by atoms with Crippen molar-refractivity contribution < 1.29 is 0 Å². The zero-order valence-electron chi connectivity index (χ0n) is 8.51. The Kier molecular flexibility index (Phi) is 2.40. The molecule has 72 valence electrons. The third kappa shape index (κ3) is 1.51. The van der Waals surface area contributed by atoms with E-state index in [-0.39, 0.29) is 0 Å². The van der Waals surface area contributed by atoms with Gasteiger partial charge >= 0.3 is 0 Å². The summed E-state index contributed by atoms with van der Waals surface area (Å²) in [5.41, 5.74) is 2.95. The van der Waals surface area contributed by atoms with E-state index in [4.69, 9.17) is 0 Å². The third-order valence-electron chi connectivity index (χ3n) is 3.14. The van der Waals surface area contributed by atoms with Gasteiger partial charge in [0.2, 0.25) is 0 Å². The maximum Gasteiger partial charge on any atom is 0.0254 e. The zero-order valence-corrected chi connectivity index (χ0v) is 8.51. The van der Waals surface area contributed by atoms with Gasteiger partial charge in [0.1, 0.15) is 0 Å². The fraction of sp³-hybridized carbons (Fsp3) is 0.636. The van der Waals surface area contributed by atoms with Crippen LogP contribution in [0.3, 0.4) is 0 Å². The quantitative estimate of drug-likeness (QED) is 0.735. The lowest BCUT2D eigenvalue weighted by Gasteiger charge is -2.34. The summed E-state index contributed by atoms with van der Waals surface area (Å²) in [7, 11) is 0. The second kappa shape index (κ2) is 3.54. The SMILES string of the molecule is CC[C@@H]1Cc2[nH]ccc2CN1CC. The van der Waals surface area contributed by atoms with Gasteiger partial charge in [0, 0.05) is 30.9 Å². The van der Waals surface area contributed by atoms with Crippen LogP contribution in [0.25, 0.3) is 0 Å². The normalized spacial score (nSPS) is 23.1. The summed E-state index contributed by atoms with van der Waals surface area (Å²) in [6.07, 6.45) is 4.52. The molecule has 1 aromatic heterocycles. The van der Waals surface area contributed by atoms with Crippen molar-refractivity contribution in [3.63, 3.8) is 0 Å². The molecular weight excluding hydrogens is 160 g/mol. The molecule has 0 aliphatic carbocycles. The number of nitrogens with zero attached hydrogens (tertiary/aromatic N) is 1. The van der Waals surface area contributed by atoms with Crippen LogP contribution < -0.4 is 0 Å². The molecule has 2 rings (SSSR count). The van der Waals surface area contributed by atoms with Crippen molar-refractivity contribution in [2.75, 3.05) is 6.54 Å². The number of nitrogens with one attached hydrogen (secondary N) is 1. The van der Waals surface area contributed by atoms with Gasteiger partial charge in [-0.15, -0.1) is 0 Å². The van der Waals surface area contributed by atoms with Crippen LogP contribution >= 0.6 is 0 Å². The van der Waals surface area contributed by atoms with Gasteiger partial charge in [-0.1, -0.05) is 13.8 Å². The van der Waals surface area contributed by atoms with Crippen LogP contribution in [-0.2, 0) is 13.0 Å². The van der Waals surface area contributed by atoms with E-state index in [1.54, 1.807) is 0 Å². The second-order valence-corrected chi connectivity index (χ2v) is 3.81. The first-order valence-corrected chi connectivity index (χ1v) is 5.24. The van der Waals surface area contributed by atoms with Gasteiger partial charge in [0.15, 0.2) is 0 Å². The molecule has 1 aliphatic heterocycles. The number of rotatable bonds is 2. The van der Waals surface area contributed by atoms with Crippen LogP contribution in [0.5, 0.6) is 0 Å². The van der Waals surface area contributed by atoms with Crippen molar-refractivity contribution in [1.29, 1.82) is 0 Å². The van der Waals surface area contributed by atoms with Crippen molar-refractivity contribution in [2.45, 2.75) is 39.3 Å². The topological polar surface area (TPSA) is 19.0 Å². The van der Waals surface area contributed by atoms with Gasteiger partial charge in [-0.05, 0) is 24.6 Å². The minimum Gasteiger partial charge on any atom is -0.365 e. The summed E-state index contributed by atoms with van der Waals surface area (Å²) < 4.78 is 0. The minimum atomic E-state index is 0.746. The van der Waals surface area contributed by atoms with Gasteiger partial charge in [0.25, 0.3) is 0 Å². The molecule has 2 heteroatoms. The highest BCUT2D eigenvalue weighted by molar-refractivity contribution is 5.24. The van der Waals surface area contributed by atoms with E-state index in [2.05, 4.69) is 36.0 Å². The summed E-state index contributed by atoms with van der Waals surface area (Å²) in [6, 6.07) is 2.96. The predicted octanol–water partition coefficient (Wildman–Crippen LogP) is 2.17. The monoisotopic (exact) mass is 178 g/mol. The van der Waals surface area contributed by atoms with Crippen LogP contribution in [0.4, 0.5) is 0 Å². The van der Waals surface area contributed by atoms with E-state index in [1.807, 2.05) is 0 Å². The van der Waals surface area contributed by atoms with E-state index in [0.29, 0.717) is 0 Å². The molecule has 1 aromatic rings. The van der Waals surface area contributed by atoms with E-state index in [1.165, 1.54) is 30.6 Å². The van der Waals surface area contributed by atoms with Crippen molar-refractivity contribution in [1.82, 2.24) is 9.88 Å². The second-order valence-electron chi connectivity index (χ2n) is 3.81. The Bertz CT molecular complexity index is 251. The van der Waals surface area contributed by atoms with Gasteiger partial charge in [-0.3, -0.25) is 4.90 Å². The number of likely N-dealkylation sites (N-methyl/N-ethyl adjacent to an activating group) is 1. The molecule has 2 nitrogen and oxygen atoms in total. The van der Waals surface area contributed by atoms with Gasteiger partial charge in [0.05, 0.1) is 0 Å². The Hall–Kier alpha value is -0.760. The molecule has 0 amide bonds. The van der Waals surface area contributed by atoms with Crippen LogP contribution in [0.1, 0.15) is 31.5 Å². The van der Waals surface area contributed by atoms with E-state index >= 15 is 0 Å². The number of hydrogen-bond donors (Lipinski definition) is 1. The lowest BCUT2D eigenvalue weighted by molar-refractivity contribution is 0.175. The molecule has 1 aliphatic rings. The summed E-state index contributed by atoms with van der Waals surface area (Å²) >= 11 is 0. The molecule has 2 heterocycles. The van der Waals surface area contributed by atoms with Gasteiger partial charge in [-0.2, -0.15) is 0 Å². The van der Waals surface area contributed by atoms with E-state index < -0.39 is 0 Å².